The fraction of sp³-hybridized carbons (Fsp3) is 0.217. The third kappa shape index (κ3) is 5.33. The van der Waals surface area contributed by atoms with E-state index in [1.165, 1.54) is 0 Å². The van der Waals surface area contributed by atoms with Crippen LogP contribution in [0.3, 0.4) is 0 Å². The van der Waals surface area contributed by atoms with Gasteiger partial charge in [0.1, 0.15) is 30.8 Å². The lowest BCUT2D eigenvalue weighted by atomic mass is 10.0. The Balaban J connectivity index is 1.64. The van der Waals surface area contributed by atoms with Crippen molar-refractivity contribution in [2.75, 3.05) is 13.2 Å². The van der Waals surface area contributed by atoms with Crippen molar-refractivity contribution in [2.45, 2.75) is 19.6 Å². The Morgan fingerprint density at radius 1 is 0.852 bits per heavy atom. The fourth-order valence-corrected chi connectivity index (χ4v) is 2.77. The topological polar surface area (TPSA) is 58.9 Å². The molecule has 1 atom stereocenters. The van der Waals surface area contributed by atoms with Gasteiger partial charge in [-0.1, -0.05) is 48.5 Å². The highest BCUT2D eigenvalue weighted by molar-refractivity contribution is 5.68. The van der Waals surface area contributed by atoms with Gasteiger partial charge in [-0.3, -0.25) is 0 Å². The van der Waals surface area contributed by atoms with E-state index in [0.29, 0.717) is 12.4 Å². The van der Waals surface area contributed by atoms with Crippen molar-refractivity contribution in [1.82, 2.24) is 0 Å². The SMILES string of the molecule is Cc1cc(OCC(O)CO)ccc1-c1ccc(OCc2ccccc2)cc1. The number of aryl methyl sites for hydroxylation is 1. The molecule has 0 spiro atoms. The predicted molar refractivity (Wildman–Crippen MR) is 106 cm³/mol. The van der Waals surface area contributed by atoms with E-state index in [9.17, 15) is 5.11 Å². The molecule has 4 heteroatoms. The Hall–Kier alpha value is -2.82. The Kier molecular flexibility index (Phi) is 6.47. The molecule has 0 heterocycles. The second kappa shape index (κ2) is 9.21. The second-order valence-corrected chi connectivity index (χ2v) is 6.42. The Morgan fingerprint density at radius 2 is 1.56 bits per heavy atom. The summed E-state index contributed by atoms with van der Waals surface area (Å²) >= 11 is 0. The molecule has 1 unspecified atom stereocenters. The first-order valence-electron chi connectivity index (χ1n) is 8.95. The first-order valence-corrected chi connectivity index (χ1v) is 8.95. The average molecular weight is 364 g/mol. The maximum absolute atomic E-state index is 9.38. The van der Waals surface area contributed by atoms with Crippen molar-refractivity contribution in [2.24, 2.45) is 0 Å². The Morgan fingerprint density at radius 3 is 2.22 bits per heavy atom. The van der Waals surface area contributed by atoms with Gasteiger partial charge in [-0.25, -0.2) is 0 Å². The van der Waals surface area contributed by atoms with Gasteiger partial charge in [-0.05, 0) is 53.4 Å². The van der Waals surface area contributed by atoms with Crippen LogP contribution in [-0.4, -0.2) is 29.5 Å². The second-order valence-electron chi connectivity index (χ2n) is 6.42. The van der Waals surface area contributed by atoms with Gasteiger partial charge in [0.2, 0.25) is 0 Å². The number of rotatable bonds is 8. The van der Waals surface area contributed by atoms with Crippen LogP contribution < -0.4 is 9.47 Å². The molecule has 0 bridgehead atoms. The molecule has 0 saturated heterocycles. The van der Waals surface area contributed by atoms with Gasteiger partial charge in [-0.2, -0.15) is 0 Å². The lowest BCUT2D eigenvalue weighted by Crippen LogP contribution is -2.21. The number of benzene rings is 3. The van der Waals surface area contributed by atoms with Crippen LogP contribution in [0.5, 0.6) is 11.5 Å². The minimum atomic E-state index is -0.867. The monoisotopic (exact) mass is 364 g/mol. The fourth-order valence-electron chi connectivity index (χ4n) is 2.77. The summed E-state index contributed by atoms with van der Waals surface area (Å²) in [6.07, 6.45) is -0.867. The smallest absolute Gasteiger partial charge is 0.119 e. The van der Waals surface area contributed by atoms with Crippen LogP contribution in [0, 0.1) is 6.92 Å². The molecule has 27 heavy (non-hydrogen) atoms. The average Bonchev–Trinajstić information content (AvgIpc) is 2.72. The van der Waals surface area contributed by atoms with E-state index in [4.69, 9.17) is 14.6 Å². The van der Waals surface area contributed by atoms with Crippen molar-refractivity contribution in [1.29, 1.82) is 0 Å². The van der Waals surface area contributed by atoms with Crippen LogP contribution in [-0.2, 0) is 6.61 Å². The van der Waals surface area contributed by atoms with E-state index >= 15 is 0 Å². The number of aliphatic hydroxyl groups is 2. The van der Waals surface area contributed by atoms with E-state index < -0.39 is 6.10 Å². The summed E-state index contributed by atoms with van der Waals surface area (Å²) in [4.78, 5) is 0. The summed E-state index contributed by atoms with van der Waals surface area (Å²) in [5, 5.41) is 18.2. The Labute approximate surface area is 159 Å². The van der Waals surface area contributed by atoms with Crippen LogP contribution in [0.4, 0.5) is 0 Å². The van der Waals surface area contributed by atoms with Crippen molar-refractivity contribution in [3.8, 4) is 22.6 Å². The van der Waals surface area contributed by atoms with Crippen molar-refractivity contribution in [3.05, 3.63) is 83.9 Å². The largest absolute Gasteiger partial charge is 0.491 e. The summed E-state index contributed by atoms with van der Waals surface area (Å²) in [5.41, 5.74) is 4.42. The van der Waals surface area contributed by atoms with Gasteiger partial charge in [0.25, 0.3) is 0 Å². The number of hydrogen-bond donors (Lipinski definition) is 2. The van der Waals surface area contributed by atoms with Crippen LogP contribution >= 0.6 is 0 Å². The molecule has 0 aromatic heterocycles. The number of aliphatic hydroxyl groups excluding tert-OH is 2. The maximum atomic E-state index is 9.38. The molecule has 0 aliphatic heterocycles. The molecule has 3 aromatic rings. The highest BCUT2D eigenvalue weighted by Gasteiger charge is 2.07. The predicted octanol–water partition coefficient (Wildman–Crippen LogP) is 3.97. The molecule has 0 fully saturated rings. The van der Waals surface area contributed by atoms with Gasteiger partial charge in [-0.15, -0.1) is 0 Å². The summed E-state index contributed by atoms with van der Waals surface area (Å²) < 4.78 is 11.3. The normalized spacial score (nSPS) is 11.8. The summed E-state index contributed by atoms with van der Waals surface area (Å²) in [6, 6.07) is 23.9. The lowest BCUT2D eigenvalue weighted by molar-refractivity contribution is 0.0536. The first kappa shape index (κ1) is 19.0. The zero-order valence-electron chi connectivity index (χ0n) is 15.3. The highest BCUT2D eigenvalue weighted by atomic mass is 16.5. The summed E-state index contributed by atoms with van der Waals surface area (Å²) in [5.74, 6) is 1.50. The minimum Gasteiger partial charge on any atom is -0.491 e. The van der Waals surface area contributed by atoms with E-state index in [2.05, 4.69) is 0 Å². The Bertz CT molecular complexity index is 844. The third-order valence-corrected chi connectivity index (χ3v) is 4.26. The molecule has 3 aromatic carbocycles. The molecule has 0 aliphatic carbocycles. The van der Waals surface area contributed by atoms with Gasteiger partial charge in [0, 0.05) is 0 Å². The van der Waals surface area contributed by atoms with Crippen LogP contribution in [0.25, 0.3) is 11.1 Å². The minimum absolute atomic E-state index is 0.0722. The highest BCUT2D eigenvalue weighted by Crippen LogP contribution is 2.28. The van der Waals surface area contributed by atoms with Gasteiger partial charge in [0.15, 0.2) is 0 Å². The van der Waals surface area contributed by atoms with E-state index in [0.717, 1.165) is 28.0 Å². The molecular weight excluding hydrogens is 340 g/mol. The van der Waals surface area contributed by atoms with E-state index in [1.807, 2.05) is 79.7 Å². The molecule has 0 amide bonds. The molecule has 2 N–H and O–H groups in total. The first-order chi connectivity index (χ1) is 13.2. The molecular formula is C23H24O4. The van der Waals surface area contributed by atoms with Crippen LogP contribution in [0.1, 0.15) is 11.1 Å². The van der Waals surface area contributed by atoms with Crippen molar-refractivity contribution >= 4 is 0 Å². The van der Waals surface area contributed by atoms with Crippen molar-refractivity contribution < 1.29 is 19.7 Å². The number of hydrogen-bond acceptors (Lipinski definition) is 4. The molecule has 4 nitrogen and oxygen atoms in total. The molecule has 0 aliphatic rings. The number of ether oxygens (including phenoxy) is 2. The molecule has 0 saturated carbocycles. The quantitative estimate of drug-likeness (QED) is 0.635. The molecule has 140 valence electrons. The van der Waals surface area contributed by atoms with Gasteiger partial charge < -0.3 is 19.7 Å². The van der Waals surface area contributed by atoms with E-state index in [1.54, 1.807) is 0 Å². The standard InChI is InChI=1S/C23H24O4/c1-17-13-22(27-16-20(25)14-24)11-12-23(17)19-7-9-21(10-8-19)26-15-18-5-3-2-4-6-18/h2-13,20,24-25H,14-16H2,1H3. The van der Waals surface area contributed by atoms with Gasteiger partial charge in [0.05, 0.1) is 6.61 Å². The molecule has 0 radical (unpaired) electrons. The molecule has 3 rings (SSSR count). The zero-order valence-corrected chi connectivity index (χ0v) is 15.3. The third-order valence-electron chi connectivity index (χ3n) is 4.26. The zero-order chi connectivity index (χ0) is 19.1. The van der Waals surface area contributed by atoms with Gasteiger partial charge >= 0.3 is 0 Å². The summed E-state index contributed by atoms with van der Waals surface area (Å²) in [6.45, 7) is 2.33. The van der Waals surface area contributed by atoms with Crippen LogP contribution in [0.15, 0.2) is 72.8 Å². The van der Waals surface area contributed by atoms with E-state index in [-0.39, 0.29) is 13.2 Å². The summed E-state index contributed by atoms with van der Waals surface area (Å²) in [7, 11) is 0. The van der Waals surface area contributed by atoms with Crippen molar-refractivity contribution in [3.63, 3.8) is 0 Å². The lowest BCUT2D eigenvalue weighted by Gasteiger charge is -2.13. The maximum Gasteiger partial charge on any atom is 0.119 e. The van der Waals surface area contributed by atoms with Crippen LogP contribution in [0.2, 0.25) is 0 Å².